The number of rotatable bonds is 0. The molecule has 0 atom stereocenters. The molecule has 1 heterocycles. The van der Waals surface area contributed by atoms with Crippen LogP contribution in [0.1, 0.15) is 13.8 Å². The van der Waals surface area contributed by atoms with Crippen LogP contribution in [0.2, 0.25) is 0 Å². The Labute approximate surface area is 78.4 Å². The Balaban J connectivity index is 0.000000396. The standard InChI is InChI=1S/C9H8N2.C2H6/c10-9-2-1-7-3-4-11-6-8(7)5-9;1-2/h1-6H,10H2;1-2H3. The van der Waals surface area contributed by atoms with E-state index in [1.54, 1.807) is 6.20 Å². The first-order chi connectivity index (χ1) is 6.36. The van der Waals surface area contributed by atoms with E-state index < -0.39 is 0 Å². The summed E-state index contributed by atoms with van der Waals surface area (Å²) in [7, 11) is 0. The van der Waals surface area contributed by atoms with E-state index in [0.717, 1.165) is 11.1 Å². The van der Waals surface area contributed by atoms with E-state index >= 15 is 0 Å². The number of nitrogen functional groups attached to an aromatic ring is 1. The maximum absolute atomic E-state index is 5.60. The molecule has 13 heavy (non-hydrogen) atoms. The maximum atomic E-state index is 5.60. The summed E-state index contributed by atoms with van der Waals surface area (Å²) < 4.78 is 0. The molecule has 0 aliphatic carbocycles. The third-order valence-electron chi connectivity index (χ3n) is 1.66. The summed E-state index contributed by atoms with van der Waals surface area (Å²) >= 11 is 0. The zero-order chi connectivity index (χ0) is 9.68. The van der Waals surface area contributed by atoms with Gasteiger partial charge in [-0.1, -0.05) is 19.9 Å². The molecule has 0 aliphatic heterocycles. The molecule has 2 N–H and O–H groups in total. The van der Waals surface area contributed by atoms with Crippen molar-refractivity contribution in [3.05, 3.63) is 36.7 Å². The summed E-state index contributed by atoms with van der Waals surface area (Å²) in [6.07, 6.45) is 3.59. The van der Waals surface area contributed by atoms with Crippen LogP contribution in [0.4, 0.5) is 5.69 Å². The van der Waals surface area contributed by atoms with Gasteiger partial charge in [0.25, 0.3) is 0 Å². The summed E-state index contributed by atoms with van der Waals surface area (Å²) in [6, 6.07) is 7.77. The molecule has 2 rings (SSSR count). The number of pyridine rings is 1. The van der Waals surface area contributed by atoms with Crippen LogP contribution in [-0.2, 0) is 0 Å². The van der Waals surface area contributed by atoms with Crippen molar-refractivity contribution >= 4 is 16.5 Å². The van der Waals surface area contributed by atoms with Gasteiger partial charge in [0.2, 0.25) is 0 Å². The molecule has 0 saturated heterocycles. The van der Waals surface area contributed by atoms with Crippen molar-refractivity contribution in [1.82, 2.24) is 4.98 Å². The average molecular weight is 174 g/mol. The van der Waals surface area contributed by atoms with E-state index in [-0.39, 0.29) is 0 Å². The molecule has 2 nitrogen and oxygen atoms in total. The van der Waals surface area contributed by atoms with E-state index in [1.807, 2.05) is 44.3 Å². The lowest BCUT2D eigenvalue weighted by molar-refractivity contribution is 1.36. The van der Waals surface area contributed by atoms with Gasteiger partial charge in [0.05, 0.1) is 0 Å². The number of hydrogen-bond donors (Lipinski definition) is 1. The van der Waals surface area contributed by atoms with Gasteiger partial charge in [-0.25, -0.2) is 0 Å². The molecule has 1 aromatic carbocycles. The highest BCUT2D eigenvalue weighted by atomic mass is 14.6. The van der Waals surface area contributed by atoms with Crippen LogP contribution < -0.4 is 5.73 Å². The predicted molar refractivity (Wildman–Crippen MR) is 57.5 cm³/mol. The van der Waals surface area contributed by atoms with Gasteiger partial charge in [-0.15, -0.1) is 0 Å². The van der Waals surface area contributed by atoms with Gasteiger partial charge in [-0.3, -0.25) is 4.98 Å². The fourth-order valence-corrected chi connectivity index (χ4v) is 1.10. The summed E-state index contributed by atoms with van der Waals surface area (Å²) in [5.74, 6) is 0. The topological polar surface area (TPSA) is 38.9 Å². The van der Waals surface area contributed by atoms with Crippen LogP contribution in [0, 0.1) is 0 Å². The highest BCUT2D eigenvalue weighted by Crippen LogP contribution is 2.14. The van der Waals surface area contributed by atoms with Gasteiger partial charge in [0.1, 0.15) is 0 Å². The number of nitrogens with two attached hydrogens (primary N) is 1. The number of anilines is 1. The lowest BCUT2D eigenvalue weighted by Crippen LogP contribution is -1.83. The Kier molecular flexibility index (Phi) is 3.26. The van der Waals surface area contributed by atoms with E-state index in [4.69, 9.17) is 5.73 Å². The second-order valence-corrected chi connectivity index (χ2v) is 2.48. The van der Waals surface area contributed by atoms with Crippen molar-refractivity contribution in [3.63, 3.8) is 0 Å². The highest BCUT2D eigenvalue weighted by molar-refractivity contribution is 5.84. The second kappa shape index (κ2) is 4.45. The molecule has 0 bridgehead atoms. The van der Waals surface area contributed by atoms with Crippen molar-refractivity contribution in [3.8, 4) is 0 Å². The molecule has 0 radical (unpaired) electrons. The Bertz CT molecular complexity index is 383. The van der Waals surface area contributed by atoms with E-state index in [1.165, 1.54) is 5.39 Å². The van der Waals surface area contributed by atoms with Crippen molar-refractivity contribution in [2.24, 2.45) is 0 Å². The van der Waals surface area contributed by atoms with E-state index in [2.05, 4.69) is 4.98 Å². The summed E-state index contributed by atoms with van der Waals surface area (Å²) in [5, 5.41) is 2.27. The van der Waals surface area contributed by atoms with Gasteiger partial charge in [-0.05, 0) is 23.6 Å². The second-order valence-electron chi connectivity index (χ2n) is 2.48. The number of benzene rings is 1. The molecule has 2 heteroatoms. The monoisotopic (exact) mass is 174 g/mol. The molecule has 1 aromatic heterocycles. The summed E-state index contributed by atoms with van der Waals surface area (Å²) in [5.41, 5.74) is 6.38. The first-order valence-electron chi connectivity index (χ1n) is 4.45. The molecule has 0 spiro atoms. The van der Waals surface area contributed by atoms with Crippen LogP contribution in [0.25, 0.3) is 10.8 Å². The molecular weight excluding hydrogens is 160 g/mol. The smallest absolute Gasteiger partial charge is 0.0347 e. The minimum absolute atomic E-state index is 0.783. The van der Waals surface area contributed by atoms with Gasteiger partial charge in [0.15, 0.2) is 0 Å². The first-order valence-corrected chi connectivity index (χ1v) is 4.45. The van der Waals surface area contributed by atoms with Crippen molar-refractivity contribution < 1.29 is 0 Å². The SMILES string of the molecule is CC.Nc1ccc2ccncc2c1. The quantitative estimate of drug-likeness (QED) is 0.624. The highest BCUT2D eigenvalue weighted by Gasteiger charge is 1.90. The average Bonchev–Trinajstić information content (AvgIpc) is 2.21. The Hall–Kier alpha value is -1.57. The normalized spacial score (nSPS) is 9.08. The van der Waals surface area contributed by atoms with Crippen molar-refractivity contribution in [1.29, 1.82) is 0 Å². The van der Waals surface area contributed by atoms with Crippen LogP contribution in [0.15, 0.2) is 36.7 Å². The Morgan fingerprint density at radius 3 is 2.62 bits per heavy atom. The van der Waals surface area contributed by atoms with Crippen molar-refractivity contribution in [2.75, 3.05) is 5.73 Å². The predicted octanol–water partition coefficient (Wildman–Crippen LogP) is 2.84. The summed E-state index contributed by atoms with van der Waals surface area (Å²) in [6.45, 7) is 4.00. The van der Waals surface area contributed by atoms with Gasteiger partial charge in [-0.2, -0.15) is 0 Å². The van der Waals surface area contributed by atoms with Gasteiger partial charge >= 0.3 is 0 Å². The molecule has 0 saturated carbocycles. The molecule has 0 fully saturated rings. The lowest BCUT2D eigenvalue weighted by Gasteiger charge is -1.96. The number of fused-ring (bicyclic) bond motifs is 1. The minimum Gasteiger partial charge on any atom is -0.399 e. The third kappa shape index (κ3) is 2.18. The zero-order valence-corrected chi connectivity index (χ0v) is 7.99. The fourth-order valence-electron chi connectivity index (χ4n) is 1.10. The first kappa shape index (κ1) is 9.52. The molecular formula is C11H14N2. The van der Waals surface area contributed by atoms with E-state index in [9.17, 15) is 0 Å². The molecule has 0 unspecified atom stereocenters. The summed E-state index contributed by atoms with van der Waals surface area (Å²) in [4.78, 5) is 4.00. The Morgan fingerprint density at radius 2 is 1.85 bits per heavy atom. The third-order valence-corrected chi connectivity index (χ3v) is 1.66. The number of aromatic nitrogens is 1. The van der Waals surface area contributed by atoms with Crippen LogP contribution in [0.3, 0.4) is 0 Å². The minimum atomic E-state index is 0.783. The van der Waals surface area contributed by atoms with Crippen LogP contribution in [-0.4, -0.2) is 4.98 Å². The molecule has 0 aliphatic rings. The van der Waals surface area contributed by atoms with Crippen molar-refractivity contribution in [2.45, 2.75) is 13.8 Å². The molecule has 68 valence electrons. The molecule has 2 aromatic rings. The van der Waals surface area contributed by atoms with Gasteiger partial charge < -0.3 is 5.73 Å². The lowest BCUT2D eigenvalue weighted by atomic mass is 10.2. The van der Waals surface area contributed by atoms with Gasteiger partial charge in [0, 0.05) is 23.5 Å². The molecule has 0 amide bonds. The maximum Gasteiger partial charge on any atom is 0.0347 e. The fraction of sp³-hybridized carbons (Fsp3) is 0.182. The van der Waals surface area contributed by atoms with Crippen LogP contribution >= 0.6 is 0 Å². The zero-order valence-electron chi connectivity index (χ0n) is 7.99. The van der Waals surface area contributed by atoms with Crippen LogP contribution in [0.5, 0.6) is 0 Å². The number of hydrogen-bond acceptors (Lipinski definition) is 2. The number of nitrogens with zero attached hydrogens (tertiary/aromatic N) is 1. The van der Waals surface area contributed by atoms with E-state index in [0.29, 0.717) is 0 Å². The Morgan fingerprint density at radius 1 is 1.08 bits per heavy atom. The largest absolute Gasteiger partial charge is 0.399 e.